The Hall–Kier alpha value is 0.116. The number of hydrogen-bond acceptors (Lipinski definition) is 1. The molecular weight excluding hydrogens is 320 g/mol. The van der Waals surface area contributed by atoms with E-state index in [-0.39, 0.29) is 39.5 Å². The van der Waals surface area contributed by atoms with Gasteiger partial charge in [0.05, 0.1) is 0 Å². The van der Waals surface area contributed by atoms with Gasteiger partial charge in [0, 0.05) is 6.42 Å². The van der Waals surface area contributed by atoms with Gasteiger partial charge in [0.15, 0.2) is 0 Å². The molecule has 0 aromatic carbocycles. The van der Waals surface area contributed by atoms with Crippen molar-refractivity contribution in [1.82, 2.24) is 0 Å². The minimum atomic E-state index is -0.653. The van der Waals surface area contributed by atoms with E-state index in [0.29, 0.717) is 6.42 Å². The lowest BCUT2D eigenvalue weighted by Gasteiger charge is -2.03. The second kappa shape index (κ2) is 30.9. The van der Waals surface area contributed by atoms with Crippen LogP contribution in [-0.2, 0) is 4.79 Å². The highest BCUT2D eigenvalue weighted by atomic mass is 24.3. The number of carbonyl (C=O) groups is 1. The van der Waals surface area contributed by atoms with Crippen molar-refractivity contribution in [2.24, 2.45) is 0 Å². The Morgan fingerprint density at radius 1 is 0.583 bits per heavy atom. The zero-order valence-corrected chi connectivity index (χ0v) is 15.2. The second-order valence-electron chi connectivity index (χ2n) is 6.09. The monoisotopic (exact) mass is 364 g/mol. The minimum absolute atomic E-state index is 0. The summed E-state index contributed by atoms with van der Waals surface area (Å²) < 4.78 is 0. The Bertz CT molecular complexity index is 216. The molecule has 0 aromatic heterocycles. The van der Waals surface area contributed by atoms with E-state index in [1.54, 1.807) is 0 Å². The fourth-order valence-electron chi connectivity index (χ4n) is 2.65. The lowest BCUT2D eigenvalue weighted by Crippen LogP contribution is -1.93. The quantitative estimate of drug-likeness (QED) is 0.333. The Balaban J connectivity index is -0.000000301. The molecule has 0 atom stereocenters. The molecule has 0 radical (unpaired) electrons. The fourth-order valence-corrected chi connectivity index (χ4v) is 2.65. The summed E-state index contributed by atoms with van der Waals surface area (Å²) in [6, 6.07) is 0. The van der Waals surface area contributed by atoms with Crippen molar-refractivity contribution >= 4 is 29.0 Å². The van der Waals surface area contributed by atoms with Gasteiger partial charge in [-0.3, -0.25) is 4.79 Å². The van der Waals surface area contributed by atoms with Crippen LogP contribution in [0.3, 0.4) is 0 Å². The molecule has 148 valence electrons. The van der Waals surface area contributed by atoms with Gasteiger partial charge in [-0.05, 0) is 6.42 Å². The average Bonchev–Trinajstić information content (AvgIpc) is 2.43. The lowest BCUT2D eigenvalue weighted by molar-refractivity contribution is -0.137. The molecule has 5 nitrogen and oxygen atoms in total. The number of rotatable bonds is 16. The minimum Gasteiger partial charge on any atom is -0.481 e. The highest BCUT2D eigenvalue weighted by Crippen LogP contribution is 2.13. The van der Waals surface area contributed by atoms with Crippen molar-refractivity contribution < 1.29 is 26.3 Å². The van der Waals surface area contributed by atoms with E-state index in [0.717, 1.165) is 12.8 Å². The first-order valence-corrected chi connectivity index (χ1v) is 8.99. The van der Waals surface area contributed by atoms with Gasteiger partial charge >= 0.3 is 29.0 Å². The summed E-state index contributed by atoms with van der Waals surface area (Å²) in [5, 5.41) is 8.52. The smallest absolute Gasteiger partial charge is 0.316 e. The summed E-state index contributed by atoms with van der Waals surface area (Å²) in [6.07, 6.45) is 20.2. The normalized spacial score (nSPS) is 9.04. The van der Waals surface area contributed by atoms with Crippen LogP contribution in [0.15, 0.2) is 0 Å². The van der Waals surface area contributed by atoms with E-state index in [4.69, 9.17) is 5.11 Å². The third-order valence-electron chi connectivity index (χ3n) is 3.99. The highest BCUT2D eigenvalue weighted by Gasteiger charge is 1.97. The lowest BCUT2D eigenvalue weighted by atomic mass is 10.0. The SMILES string of the molecule is CCCCCCCCCCCCCCCCCC(=O)O.O.O.O.[MgH2]. The number of carboxylic acid groups (broad SMARTS) is 1. The van der Waals surface area contributed by atoms with Crippen molar-refractivity contribution in [2.75, 3.05) is 0 Å². The maximum atomic E-state index is 10.3. The maximum absolute atomic E-state index is 10.3. The van der Waals surface area contributed by atoms with E-state index in [2.05, 4.69) is 6.92 Å². The van der Waals surface area contributed by atoms with E-state index in [1.807, 2.05) is 0 Å². The molecule has 0 aliphatic rings. The van der Waals surface area contributed by atoms with Gasteiger partial charge in [-0.25, -0.2) is 0 Å². The maximum Gasteiger partial charge on any atom is 0.316 e. The molecule has 0 fully saturated rings. The molecule has 0 saturated heterocycles. The summed E-state index contributed by atoms with van der Waals surface area (Å²) in [4.78, 5) is 10.3. The molecule has 7 N–H and O–H groups in total. The third-order valence-corrected chi connectivity index (χ3v) is 3.99. The van der Waals surface area contributed by atoms with Gasteiger partial charge in [0.2, 0.25) is 0 Å². The standard InChI is InChI=1S/C18H36O2.Mg.3H2O.2H/c1-2-3-4-5-6-7-8-9-10-11-12-13-14-15-16-17-18(19)20;;;;;;/h2-17H2,1H3,(H,19,20);;3*1H2;;. The zero-order valence-electron chi connectivity index (χ0n) is 15.2. The van der Waals surface area contributed by atoms with Gasteiger partial charge in [0.25, 0.3) is 0 Å². The van der Waals surface area contributed by atoms with Gasteiger partial charge in [-0.2, -0.15) is 0 Å². The van der Waals surface area contributed by atoms with E-state index < -0.39 is 5.97 Å². The first kappa shape index (κ1) is 35.3. The van der Waals surface area contributed by atoms with Gasteiger partial charge in [-0.1, -0.05) is 96.8 Å². The molecule has 0 saturated carbocycles. The fraction of sp³-hybridized carbons (Fsp3) is 0.944. The molecule has 0 heterocycles. The average molecular weight is 365 g/mol. The predicted octanol–water partition coefficient (Wildman–Crippen LogP) is 2.94. The summed E-state index contributed by atoms with van der Waals surface area (Å²) in [7, 11) is 0. The Morgan fingerprint density at radius 3 is 1.08 bits per heavy atom. The van der Waals surface area contributed by atoms with Crippen molar-refractivity contribution in [2.45, 2.75) is 110 Å². The van der Waals surface area contributed by atoms with Crippen molar-refractivity contribution in [3.63, 3.8) is 0 Å². The molecule has 0 aliphatic heterocycles. The molecule has 24 heavy (non-hydrogen) atoms. The van der Waals surface area contributed by atoms with Crippen LogP contribution in [0.5, 0.6) is 0 Å². The Morgan fingerprint density at radius 2 is 0.833 bits per heavy atom. The first-order valence-electron chi connectivity index (χ1n) is 8.99. The van der Waals surface area contributed by atoms with Gasteiger partial charge in [-0.15, -0.1) is 0 Å². The predicted molar refractivity (Wildman–Crippen MR) is 107 cm³/mol. The van der Waals surface area contributed by atoms with Gasteiger partial charge < -0.3 is 21.5 Å². The summed E-state index contributed by atoms with van der Waals surface area (Å²) in [5.41, 5.74) is 0. The summed E-state index contributed by atoms with van der Waals surface area (Å²) in [6.45, 7) is 2.27. The van der Waals surface area contributed by atoms with Crippen molar-refractivity contribution in [3.8, 4) is 0 Å². The summed E-state index contributed by atoms with van der Waals surface area (Å²) in [5.74, 6) is -0.653. The number of unbranched alkanes of at least 4 members (excludes halogenated alkanes) is 14. The molecular formula is C18H44MgO5. The number of carboxylic acids is 1. The van der Waals surface area contributed by atoms with Crippen LogP contribution in [0.4, 0.5) is 0 Å². The molecule has 6 heteroatoms. The largest absolute Gasteiger partial charge is 0.481 e. The summed E-state index contributed by atoms with van der Waals surface area (Å²) >= 11 is 0. The number of aliphatic carboxylic acids is 1. The molecule has 0 spiro atoms. The number of hydrogen-bond donors (Lipinski definition) is 1. The van der Waals surface area contributed by atoms with E-state index >= 15 is 0 Å². The Labute approximate surface area is 165 Å². The van der Waals surface area contributed by atoms with Crippen LogP contribution in [0.1, 0.15) is 110 Å². The van der Waals surface area contributed by atoms with Crippen LogP contribution in [0.2, 0.25) is 0 Å². The first-order chi connectivity index (χ1) is 9.77. The van der Waals surface area contributed by atoms with Crippen LogP contribution in [0.25, 0.3) is 0 Å². The molecule has 0 aliphatic carbocycles. The van der Waals surface area contributed by atoms with Crippen molar-refractivity contribution in [1.29, 1.82) is 0 Å². The molecule has 0 bridgehead atoms. The topological polar surface area (TPSA) is 132 Å². The highest BCUT2D eigenvalue weighted by molar-refractivity contribution is 5.75. The van der Waals surface area contributed by atoms with Crippen LogP contribution in [0, 0.1) is 0 Å². The van der Waals surface area contributed by atoms with Crippen LogP contribution >= 0.6 is 0 Å². The second-order valence-corrected chi connectivity index (χ2v) is 6.09. The van der Waals surface area contributed by atoms with E-state index in [1.165, 1.54) is 83.5 Å². The van der Waals surface area contributed by atoms with Gasteiger partial charge in [0.1, 0.15) is 0 Å². The molecule has 0 aromatic rings. The molecule has 0 unspecified atom stereocenters. The molecule has 0 amide bonds. The Kier molecular flexibility index (Phi) is 45.5. The zero-order chi connectivity index (χ0) is 14.9. The van der Waals surface area contributed by atoms with Crippen molar-refractivity contribution in [3.05, 3.63) is 0 Å². The third kappa shape index (κ3) is 33.7. The van der Waals surface area contributed by atoms with Crippen LogP contribution < -0.4 is 0 Å². The van der Waals surface area contributed by atoms with E-state index in [9.17, 15) is 4.79 Å². The van der Waals surface area contributed by atoms with Crippen LogP contribution in [-0.4, -0.2) is 50.6 Å². The molecule has 0 rings (SSSR count).